The number of hydrogen-bond acceptors (Lipinski definition) is 6. The molecule has 0 saturated heterocycles. The van der Waals surface area contributed by atoms with Crippen molar-refractivity contribution in [2.75, 3.05) is 4.90 Å². The molecule has 5 N–H and O–H groups in total. The minimum absolute atomic E-state index is 0.0671. The fraction of sp³-hybridized carbons (Fsp3) is 0.216. The minimum Gasteiger partial charge on any atom is -0.378 e. The standard InChI is InChI=1S/C37H38N6/c1-6-28(24-39-42-36(38)10-5)40-32(8-3)35-23-27-18-13-17-26-21-22-33(34(9-4)43(35)37(26)27)41-31(7-2)30-20-14-16-25-15-11-12-19-29(25)30/h11-20,24,28,33,35,40-42H,2-6,21-23,38H2,1H3/b39-24+/t28-,33-,35-/m0/s1. The Balaban J connectivity index is 1.49. The number of rotatable bonds is 10. The number of nitrogens with one attached hydrogen (secondary N) is 3. The lowest BCUT2D eigenvalue weighted by Crippen LogP contribution is -2.45. The van der Waals surface area contributed by atoms with Crippen molar-refractivity contribution in [3.8, 4) is 0 Å². The van der Waals surface area contributed by atoms with Crippen molar-refractivity contribution in [1.29, 1.82) is 0 Å². The number of anilines is 1. The van der Waals surface area contributed by atoms with Gasteiger partial charge in [0, 0.05) is 23.9 Å². The van der Waals surface area contributed by atoms with E-state index in [4.69, 9.17) is 5.73 Å². The first-order valence-electron chi connectivity index (χ1n) is 14.6. The molecule has 5 rings (SSSR count). The highest BCUT2D eigenvalue weighted by Gasteiger charge is 2.40. The predicted molar refractivity (Wildman–Crippen MR) is 179 cm³/mol. The summed E-state index contributed by atoms with van der Waals surface area (Å²) in [6.45, 7) is 17.9. The van der Waals surface area contributed by atoms with Crippen LogP contribution in [-0.4, -0.2) is 24.3 Å². The number of hydrogen-bond donors (Lipinski definition) is 4. The lowest BCUT2D eigenvalue weighted by Gasteiger charge is -2.34. The van der Waals surface area contributed by atoms with E-state index in [9.17, 15) is 0 Å². The Morgan fingerprint density at radius 2 is 1.79 bits per heavy atom. The van der Waals surface area contributed by atoms with Gasteiger partial charge in [0.05, 0.1) is 35.2 Å². The zero-order valence-corrected chi connectivity index (χ0v) is 24.7. The highest BCUT2D eigenvalue weighted by molar-refractivity contribution is 5.93. The molecule has 2 heterocycles. The summed E-state index contributed by atoms with van der Waals surface area (Å²) in [5, 5.41) is 14.0. The van der Waals surface area contributed by atoms with Crippen LogP contribution in [0, 0.1) is 0 Å². The maximum atomic E-state index is 5.73. The Hall–Kier alpha value is -5.33. The average Bonchev–Trinajstić information content (AvgIpc) is 3.35. The zero-order valence-electron chi connectivity index (χ0n) is 24.7. The number of fused-ring (bicyclic) bond motifs is 1. The van der Waals surface area contributed by atoms with Crippen LogP contribution in [0.1, 0.15) is 36.5 Å². The lowest BCUT2D eigenvalue weighted by molar-refractivity contribution is 0.574. The van der Waals surface area contributed by atoms with E-state index in [1.54, 1.807) is 6.21 Å². The second-order valence-corrected chi connectivity index (χ2v) is 10.6. The monoisotopic (exact) mass is 566 g/mol. The van der Waals surface area contributed by atoms with Crippen molar-refractivity contribution >= 4 is 28.4 Å². The van der Waals surface area contributed by atoms with Crippen LogP contribution in [0.4, 0.5) is 5.69 Å². The van der Waals surface area contributed by atoms with Gasteiger partial charge in [0.1, 0.15) is 0 Å². The topological polar surface area (TPSA) is 77.7 Å². The van der Waals surface area contributed by atoms with Gasteiger partial charge >= 0.3 is 0 Å². The quantitative estimate of drug-likeness (QED) is 0.134. The van der Waals surface area contributed by atoms with E-state index in [0.717, 1.165) is 53.7 Å². The zero-order chi connectivity index (χ0) is 30.3. The van der Waals surface area contributed by atoms with Crippen LogP contribution in [0.5, 0.6) is 0 Å². The molecule has 6 heteroatoms. The summed E-state index contributed by atoms with van der Waals surface area (Å²) in [5.41, 5.74) is 28.4. The van der Waals surface area contributed by atoms with Crippen molar-refractivity contribution in [2.45, 2.75) is 50.7 Å². The molecule has 0 aromatic heterocycles. The summed E-state index contributed by atoms with van der Waals surface area (Å²) >= 11 is 0. The normalized spacial score (nSPS) is 17.5. The molecule has 0 aliphatic carbocycles. The predicted octanol–water partition coefficient (Wildman–Crippen LogP) is 6.17. The number of nitrogens with zero attached hydrogens (tertiary/aromatic N) is 2. The first kappa shape index (κ1) is 29.2. The average molecular weight is 567 g/mol. The van der Waals surface area contributed by atoms with Crippen LogP contribution in [0.15, 0.2) is 132 Å². The first-order chi connectivity index (χ1) is 21.0. The second kappa shape index (κ2) is 13.1. The van der Waals surface area contributed by atoms with E-state index in [2.05, 4.69) is 143 Å². The van der Waals surface area contributed by atoms with Crippen molar-refractivity contribution in [3.05, 3.63) is 144 Å². The van der Waals surface area contributed by atoms with Crippen molar-refractivity contribution in [2.24, 2.45) is 10.8 Å². The highest BCUT2D eigenvalue weighted by atomic mass is 15.3. The van der Waals surface area contributed by atoms with E-state index < -0.39 is 0 Å². The van der Waals surface area contributed by atoms with Gasteiger partial charge in [-0.1, -0.05) is 99.6 Å². The number of benzene rings is 3. The third kappa shape index (κ3) is 5.87. The van der Waals surface area contributed by atoms with E-state index in [-0.39, 0.29) is 23.9 Å². The van der Waals surface area contributed by atoms with Gasteiger partial charge in [-0.3, -0.25) is 5.43 Å². The molecular weight excluding hydrogens is 528 g/mol. The third-order valence-electron chi connectivity index (χ3n) is 8.13. The molecule has 0 saturated carbocycles. The summed E-state index contributed by atoms with van der Waals surface area (Å²) in [7, 11) is 0. The Kier molecular flexibility index (Phi) is 8.89. The molecule has 3 atom stereocenters. The molecule has 0 unspecified atom stereocenters. The summed E-state index contributed by atoms with van der Waals surface area (Å²) in [6.07, 6.45) is 5.16. The van der Waals surface area contributed by atoms with Crippen LogP contribution < -0.4 is 26.7 Å². The third-order valence-corrected chi connectivity index (χ3v) is 8.13. The van der Waals surface area contributed by atoms with Gasteiger partial charge in [-0.15, -0.1) is 17.2 Å². The molecule has 0 fully saturated rings. The Morgan fingerprint density at radius 1 is 1.02 bits per heavy atom. The SMILES string of the molecule is C=C=C(N)N/N=C/[C@H](CC)NC(=C=C)[C@@H]1Cc2cccc3c2N1C(=C=C)[C@@H](NC(=C=C)c1cccc2ccccc12)CC3. The smallest absolute Gasteiger partial charge is 0.161 e. The second-order valence-electron chi connectivity index (χ2n) is 10.6. The number of para-hydroxylation sites is 1. The number of aryl methyl sites for hydroxylation is 1. The molecule has 0 amide bonds. The Bertz CT molecular complexity index is 1770. The van der Waals surface area contributed by atoms with Crippen molar-refractivity contribution in [1.82, 2.24) is 16.1 Å². The molecule has 2 aliphatic heterocycles. The van der Waals surface area contributed by atoms with Gasteiger partial charge in [0.25, 0.3) is 0 Å². The first-order valence-corrected chi connectivity index (χ1v) is 14.6. The number of hydrazone groups is 1. The fourth-order valence-corrected chi connectivity index (χ4v) is 6.04. The summed E-state index contributed by atoms with van der Waals surface area (Å²) in [6, 6.07) is 21.1. The molecule has 216 valence electrons. The summed E-state index contributed by atoms with van der Waals surface area (Å²) in [4.78, 5) is 2.37. The molecule has 43 heavy (non-hydrogen) atoms. The van der Waals surface area contributed by atoms with Crippen LogP contribution in [0.2, 0.25) is 0 Å². The van der Waals surface area contributed by atoms with Gasteiger partial charge in [0.15, 0.2) is 5.82 Å². The molecule has 0 radical (unpaired) electrons. The highest BCUT2D eigenvalue weighted by Crippen LogP contribution is 2.43. The maximum Gasteiger partial charge on any atom is 0.161 e. The summed E-state index contributed by atoms with van der Waals surface area (Å²) < 4.78 is 0. The molecule has 2 aliphatic rings. The molecular formula is C37H38N6. The van der Waals surface area contributed by atoms with Gasteiger partial charge < -0.3 is 21.3 Å². The molecule has 3 aromatic carbocycles. The maximum absolute atomic E-state index is 5.73. The molecule has 0 spiro atoms. The van der Waals surface area contributed by atoms with Gasteiger partial charge in [-0.2, -0.15) is 5.10 Å². The van der Waals surface area contributed by atoms with Crippen LogP contribution in [0.25, 0.3) is 16.5 Å². The molecule has 3 aromatic rings. The minimum atomic E-state index is -0.0750. The van der Waals surface area contributed by atoms with Crippen LogP contribution >= 0.6 is 0 Å². The van der Waals surface area contributed by atoms with E-state index in [0.29, 0.717) is 0 Å². The lowest BCUT2D eigenvalue weighted by atomic mass is 9.98. The van der Waals surface area contributed by atoms with Gasteiger partial charge in [-0.25, -0.2) is 0 Å². The van der Waals surface area contributed by atoms with Gasteiger partial charge in [0.2, 0.25) is 0 Å². The largest absolute Gasteiger partial charge is 0.378 e. The van der Waals surface area contributed by atoms with Crippen molar-refractivity contribution < 1.29 is 0 Å². The van der Waals surface area contributed by atoms with E-state index in [1.165, 1.54) is 22.2 Å². The fourth-order valence-electron chi connectivity index (χ4n) is 6.04. The van der Waals surface area contributed by atoms with E-state index >= 15 is 0 Å². The van der Waals surface area contributed by atoms with Crippen LogP contribution in [-0.2, 0) is 12.8 Å². The number of nitrogens with two attached hydrogens (primary N) is 1. The molecule has 0 bridgehead atoms. The Labute approximate surface area is 254 Å². The van der Waals surface area contributed by atoms with Gasteiger partial charge in [-0.05, 0) is 41.2 Å². The summed E-state index contributed by atoms with van der Waals surface area (Å²) in [5.74, 6) is 0.268. The molecule has 6 nitrogen and oxygen atoms in total. The van der Waals surface area contributed by atoms with Crippen molar-refractivity contribution in [3.63, 3.8) is 0 Å². The Morgan fingerprint density at radius 3 is 2.53 bits per heavy atom. The van der Waals surface area contributed by atoms with Crippen LogP contribution in [0.3, 0.4) is 0 Å². The van der Waals surface area contributed by atoms with E-state index in [1.807, 2.05) is 0 Å².